The second-order valence-corrected chi connectivity index (χ2v) is 5.85. The number of benzene rings is 1. The van der Waals surface area contributed by atoms with Crippen molar-refractivity contribution in [3.63, 3.8) is 0 Å². The van der Waals surface area contributed by atoms with Gasteiger partial charge in [0.1, 0.15) is 0 Å². The Hall–Kier alpha value is -0.860. The molecule has 106 valence electrons. The molecule has 1 aliphatic heterocycles. The molecular formula is C17H27NO. The Kier molecular flexibility index (Phi) is 5.41. The van der Waals surface area contributed by atoms with Crippen LogP contribution in [-0.2, 0) is 11.2 Å². The first-order valence-corrected chi connectivity index (χ1v) is 7.56. The summed E-state index contributed by atoms with van der Waals surface area (Å²) in [6.07, 6.45) is 3.60. The summed E-state index contributed by atoms with van der Waals surface area (Å²) in [4.78, 5) is 0. The minimum absolute atomic E-state index is 0.581. The van der Waals surface area contributed by atoms with Crippen LogP contribution in [0.5, 0.6) is 0 Å². The fourth-order valence-electron chi connectivity index (χ4n) is 2.98. The van der Waals surface area contributed by atoms with Gasteiger partial charge in [-0.05, 0) is 56.7 Å². The van der Waals surface area contributed by atoms with Crippen molar-refractivity contribution in [2.45, 2.75) is 46.1 Å². The van der Waals surface area contributed by atoms with Gasteiger partial charge >= 0.3 is 0 Å². The van der Waals surface area contributed by atoms with Crippen molar-refractivity contribution < 1.29 is 4.74 Å². The van der Waals surface area contributed by atoms with Gasteiger partial charge in [-0.1, -0.05) is 30.7 Å². The molecule has 2 nitrogen and oxygen atoms in total. The molecule has 0 aromatic heterocycles. The maximum absolute atomic E-state index is 5.50. The molecule has 2 atom stereocenters. The Bertz CT molecular complexity index is 396. The summed E-state index contributed by atoms with van der Waals surface area (Å²) in [5, 5.41) is 3.65. The monoisotopic (exact) mass is 261 g/mol. The zero-order valence-electron chi connectivity index (χ0n) is 12.5. The van der Waals surface area contributed by atoms with Crippen molar-refractivity contribution in [2.75, 3.05) is 19.8 Å². The van der Waals surface area contributed by atoms with E-state index in [4.69, 9.17) is 4.74 Å². The van der Waals surface area contributed by atoms with Crippen molar-refractivity contribution in [3.05, 3.63) is 34.9 Å². The van der Waals surface area contributed by atoms with Crippen LogP contribution in [-0.4, -0.2) is 25.8 Å². The summed E-state index contributed by atoms with van der Waals surface area (Å²) in [7, 11) is 0. The van der Waals surface area contributed by atoms with Crippen LogP contribution in [0.2, 0.25) is 0 Å². The molecule has 0 spiro atoms. The number of rotatable bonds is 6. The van der Waals surface area contributed by atoms with Gasteiger partial charge < -0.3 is 10.1 Å². The van der Waals surface area contributed by atoms with E-state index >= 15 is 0 Å². The summed E-state index contributed by atoms with van der Waals surface area (Å²) >= 11 is 0. The summed E-state index contributed by atoms with van der Waals surface area (Å²) in [6.45, 7) is 9.54. The van der Waals surface area contributed by atoms with E-state index < -0.39 is 0 Å². The minimum Gasteiger partial charge on any atom is -0.381 e. The first-order valence-electron chi connectivity index (χ1n) is 7.56. The van der Waals surface area contributed by atoms with Gasteiger partial charge in [-0.25, -0.2) is 0 Å². The van der Waals surface area contributed by atoms with Crippen LogP contribution in [0.3, 0.4) is 0 Å². The lowest BCUT2D eigenvalue weighted by Gasteiger charge is -2.22. The van der Waals surface area contributed by atoms with E-state index in [1.54, 1.807) is 0 Å². The first kappa shape index (κ1) is 14.5. The van der Waals surface area contributed by atoms with Crippen LogP contribution in [0.1, 0.15) is 36.5 Å². The Labute approximate surface area is 117 Å². The van der Waals surface area contributed by atoms with Gasteiger partial charge in [0.05, 0.1) is 0 Å². The molecule has 1 N–H and O–H groups in total. The van der Waals surface area contributed by atoms with E-state index in [2.05, 4.69) is 44.3 Å². The van der Waals surface area contributed by atoms with Crippen molar-refractivity contribution in [2.24, 2.45) is 5.92 Å². The largest absolute Gasteiger partial charge is 0.381 e. The van der Waals surface area contributed by atoms with Gasteiger partial charge in [-0.2, -0.15) is 0 Å². The van der Waals surface area contributed by atoms with Crippen molar-refractivity contribution in [1.82, 2.24) is 5.32 Å². The molecule has 2 heteroatoms. The van der Waals surface area contributed by atoms with Gasteiger partial charge in [0.15, 0.2) is 0 Å². The van der Waals surface area contributed by atoms with Gasteiger partial charge in [-0.15, -0.1) is 0 Å². The molecule has 0 saturated carbocycles. The van der Waals surface area contributed by atoms with Crippen LogP contribution >= 0.6 is 0 Å². The zero-order valence-corrected chi connectivity index (χ0v) is 12.5. The molecule has 0 amide bonds. The lowest BCUT2D eigenvalue weighted by Crippen LogP contribution is -2.33. The molecule has 1 aromatic rings. The number of ether oxygens (including phenoxy) is 1. The minimum atomic E-state index is 0.581. The van der Waals surface area contributed by atoms with Crippen LogP contribution < -0.4 is 5.32 Å². The fraction of sp³-hybridized carbons (Fsp3) is 0.647. The highest BCUT2D eigenvalue weighted by Crippen LogP contribution is 2.21. The van der Waals surface area contributed by atoms with Crippen molar-refractivity contribution in [3.8, 4) is 0 Å². The molecule has 1 fully saturated rings. The molecule has 1 aromatic carbocycles. The summed E-state index contributed by atoms with van der Waals surface area (Å²) in [5.41, 5.74) is 4.26. The first-order chi connectivity index (χ1) is 9.19. The Morgan fingerprint density at radius 2 is 2.21 bits per heavy atom. The smallest absolute Gasteiger partial charge is 0.0495 e. The maximum Gasteiger partial charge on any atom is 0.0495 e. The number of aryl methyl sites for hydroxylation is 2. The van der Waals surface area contributed by atoms with Crippen molar-refractivity contribution >= 4 is 0 Å². The van der Waals surface area contributed by atoms with Gasteiger partial charge in [-0.3, -0.25) is 0 Å². The third kappa shape index (κ3) is 4.32. The van der Waals surface area contributed by atoms with E-state index in [0.717, 1.165) is 32.1 Å². The quantitative estimate of drug-likeness (QED) is 0.848. The highest BCUT2D eigenvalue weighted by Gasteiger charge is 2.20. The topological polar surface area (TPSA) is 21.3 Å². The van der Waals surface area contributed by atoms with Crippen LogP contribution in [0, 0.1) is 19.8 Å². The van der Waals surface area contributed by atoms with E-state index in [9.17, 15) is 0 Å². The second kappa shape index (κ2) is 7.06. The van der Waals surface area contributed by atoms with E-state index in [0.29, 0.717) is 6.04 Å². The number of likely N-dealkylation sites (N-methyl/N-ethyl adjacent to an activating group) is 1. The molecule has 0 aliphatic carbocycles. The molecular weight excluding hydrogens is 234 g/mol. The highest BCUT2D eigenvalue weighted by molar-refractivity contribution is 5.31. The van der Waals surface area contributed by atoms with Crippen molar-refractivity contribution in [1.29, 1.82) is 0 Å². The summed E-state index contributed by atoms with van der Waals surface area (Å²) in [5.74, 6) is 0.745. The lowest BCUT2D eigenvalue weighted by molar-refractivity contribution is 0.181. The van der Waals surface area contributed by atoms with Gasteiger partial charge in [0.25, 0.3) is 0 Å². The molecule has 1 saturated heterocycles. The molecule has 1 aliphatic rings. The average Bonchev–Trinajstić information content (AvgIpc) is 2.87. The fourth-order valence-corrected chi connectivity index (χ4v) is 2.98. The zero-order chi connectivity index (χ0) is 13.7. The highest BCUT2D eigenvalue weighted by atomic mass is 16.5. The molecule has 1 heterocycles. The van der Waals surface area contributed by atoms with E-state index in [1.165, 1.54) is 29.5 Å². The number of nitrogens with one attached hydrogen (secondary N) is 1. The molecule has 2 rings (SSSR count). The lowest BCUT2D eigenvalue weighted by atomic mass is 9.92. The van der Waals surface area contributed by atoms with Crippen LogP contribution in [0.15, 0.2) is 18.2 Å². The SMILES string of the molecule is CCNC(Cc1cc(C)ccc1C)CC1CCOC1. The standard InChI is InChI=1S/C17H27NO/c1-4-18-17(10-15-7-8-19-12-15)11-16-9-13(2)5-6-14(16)3/h5-6,9,15,17-18H,4,7-8,10-12H2,1-3H3. The molecule has 0 bridgehead atoms. The molecule has 19 heavy (non-hydrogen) atoms. The second-order valence-electron chi connectivity index (χ2n) is 5.85. The van der Waals surface area contributed by atoms with E-state index in [-0.39, 0.29) is 0 Å². The number of hydrogen-bond donors (Lipinski definition) is 1. The average molecular weight is 261 g/mol. The third-order valence-electron chi connectivity index (χ3n) is 4.11. The van der Waals surface area contributed by atoms with Crippen LogP contribution in [0.25, 0.3) is 0 Å². The van der Waals surface area contributed by atoms with Crippen LogP contribution in [0.4, 0.5) is 0 Å². The Balaban J connectivity index is 2.00. The van der Waals surface area contributed by atoms with E-state index in [1.807, 2.05) is 0 Å². The summed E-state index contributed by atoms with van der Waals surface area (Å²) < 4.78 is 5.50. The Morgan fingerprint density at radius 1 is 1.37 bits per heavy atom. The number of hydrogen-bond acceptors (Lipinski definition) is 2. The normalized spacial score (nSPS) is 20.7. The predicted molar refractivity (Wildman–Crippen MR) is 80.6 cm³/mol. The maximum atomic E-state index is 5.50. The van der Waals surface area contributed by atoms with Gasteiger partial charge in [0, 0.05) is 19.3 Å². The predicted octanol–water partition coefficient (Wildman–Crippen LogP) is 3.25. The molecule has 2 unspecified atom stereocenters. The summed E-state index contributed by atoms with van der Waals surface area (Å²) in [6, 6.07) is 7.36. The van der Waals surface area contributed by atoms with Gasteiger partial charge in [0.2, 0.25) is 0 Å². The Morgan fingerprint density at radius 3 is 2.89 bits per heavy atom. The third-order valence-corrected chi connectivity index (χ3v) is 4.11. The molecule has 0 radical (unpaired) electrons.